The first-order valence-electron chi connectivity index (χ1n) is 10.6. The molecule has 1 amide bonds. The van der Waals surface area contributed by atoms with E-state index < -0.39 is 12.6 Å². The maximum absolute atomic E-state index is 13.0. The summed E-state index contributed by atoms with van der Waals surface area (Å²) < 4.78 is 33.2. The van der Waals surface area contributed by atoms with Crippen LogP contribution < -0.4 is 16.0 Å². The fraction of sp³-hybridized carbons (Fsp3) is 0.391. The number of amides is 1. The first-order valence-corrected chi connectivity index (χ1v) is 10.6. The average molecular weight is 463 g/mol. The van der Waals surface area contributed by atoms with Gasteiger partial charge in [0, 0.05) is 18.5 Å². The maximum atomic E-state index is 13.0. The lowest BCUT2D eigenvalue weighted by Gasteiger charge is -2.15. The number of benzene rings is 1. The van der Waals surface area contributed by atoms with Gasteiger partial charge in [0.05, 0.1) is 6.54 Å². The molecule has 0 bridgehead atoms. The van der Waals surface area contributed by atoms with Gasteiger partial charge in [-0.2, -0.15) is 13.2 Å². The van der Waals surface area contributed by atoms with Crippen LogP contribution in [0.3, 0.4) is 0 Å². The first kappa shape index (κ1) is 26.0. The summed E-state index contributed by atoms with van der Waals surface area (Å²) in [5.41, 5.74) is 10.3. The molecule has 0 aliphatic carbocycles. The monoisotopic (exact) mass is 462 g/mol. The highest BCUT2D eigenvalue weighted by atomic mass is 19.4. The molecule has 7 nitrogen and oxygen atoms in total. The number of hydrogen-bond acceptors (Lipinski definition) is 4. The van der Waals surface area contributed by atoms with E-state index in [-0.39, 0.29) is 18.2 Å². The molecule has 4 N–H and O–H groups in total. The Kier molecular flexibility index (Phi) is 9.10. The van der Waals surface area contributed by atoms with Gasteiger partial charge in [-0.15, -0.1) is 0 Å². The molecule has 1 aromatic heterocycles. The highest BCUT2D eigenvalue weighted by Crippen LogP contribution is 2.31. The third-order valence-corrected chi connectivity index (χ3v) is 4.98. The van der Waals surface area contributed by atoms with Gasteiger partial charge in [0.15, 0.2) is 5.84 Å². The van der Waals surface area contributed by atoms with Crippen molar-refractivity contribution < 1.29 is 18.0 Å². The molecule has 1 aliphatic rings. The fourth-order valence-corrected chi connectivity index (χ4v) is 3.42. The molecule has 1 aromatic carbocycles. The second kappa shape index (κ2) is 11.6. The number of rotatable bonds is 7. The highest BCUT2D eigenvalue weighted by Gasteiger charge is 2.31. The van der Waals surface area contributed by atoms with Crippen LogP contribution in [0.2, 0.25) is 0 Å². The molecule has 0 saturated carbocycles. The number of aromatic nitrogens is 1. The van der Waals surface area contributed by atoms with Gasteiger partial charge >= 0.3 is 6.18 Å². The second-order valence-corrected chi connectivity index (χ2v) is 7.45. The minimum absolute atomic E-state index is 0.0557. The number of alkyl halides is 3. The number of fused-ring (bicyclic) bond motifs is 1. The van der Waals surface area contributed by atoms with E-state index >= 15 is 0 Å². The Morgan fingerprint density at radius 3 is 2.61 bits per heavy atom. The Bertz CT molecular complexity index is 1020. The number of amidine groups is 1. The summed E-state index contributed by atoms with van der Waals surface area (Å²) in [5.74, 6) is 0.621. The number of carbonyl (C=O) groups excluding carboxylic acids is 1. The molecule has 3 rings (SSSR count). The van der Waals surface area contributed by atoms with Gasteiger partial charge in [-0.05, 0) is 54.8 Å². The number of nitrogens with two attached hydrogens (primary N) is 1. The van der Waals surface area contributed by atoms with Gasteiger partial charge < -0.3 is 11.1 Å². The normalized spacial score (nSPS) is 13.5. The molecular weight excluding hydrogens is 433 g/mol. The van der Waals surface area contributed by atoms with E-state index in [9.17, 15) is 18.0 Å². The lowest BCUT2D eigenvalue weighted by molar-refractivity contribution is -0.134. The zero-order chi connectivity index (χ0) is 24.6. The summed E-state index contributed by atoms with van der Waals surface area (Å²) in [7, 11) is 1.90. The van der Waals surface area contributed by atoms with E-state index in [1.807, 2.05) is 13.1 Å². The van der Waals surface area contributed by atoms with Crippen molar-refractivity contribution in [3.05, 3.63) is 58.3 Å². The molecule has 0 saturated heterocycles. The van der Waals surface area contributed by atoms with Crippen LogP contribution in [-0.2, 0) is 19.5 Å². The van der Waals surface area contributed by atoms with Gasteiger partial charge in [-0.1, -0.05) is 26.0 Å². The van der Waals surface area contributed by atoms with Crippen LogP contribution in [0, 0.1) is 5.41 Å². The minimum Gasteiger partial charge on any atom is -0.382 e. The lowest BCUT2D eigenvalue weighted by Crippen LogP contribution is -2.25. The van der Waals surface area contributed by atoms with E-state index in [0.717, 1.165) is 35.0 Å². The summed E-state index contributed by atoms with van der Waals surface area (Å²) in [6, 6.07) is 9.41. The Balaban J connectivity index is 0.000000479. The highest BCUT2D eigenvalue weighted by molar-refractivity contribution is 6.10. The SMILES string of the molecule is CCCC(F)(F)F.CCc1cc(CNC)c2c(c1)C(=O)N(c1cccc(C(N)=NC=N)n1)C2. The molecule has 1 aliphatic heterocycles. The lowest BCUT2D eigenvalue weighted by atomic mass is 9.98. The van der Waals surface area contributed by atoms with Crippen LogP contribution in [0.15, 0.2) is 35.3 Å². The van der Waals surface area contributed by atoms with E-state index in [4.69, 9.17) is 11.1 Å². The van der Waals surface area contributed by atoms with Crippen LogP contribution >= 0.6 is 0 Å². The van der Waals surface area contributed by atoms with Crippen molar-refractivity contribution in [3.63, 3.8) is 0 Å². The number of nitrogens with zero attached hydrogens (tertiary/aromatic N) is 3. The van der Waals surface area contributed by atoms with Crippen molar-refractivity contribution in [2.75, 3.05) is 11.9 Å². The Hall–Kier alpha value is -3.27. The number of aryl methyl sites for hydroxylation is 1. The number of nitrogens with one attached hydrogen (secondary N) is 2. The molecule has 2 heterocycles. The molecular formula is C23H29F3N6O. The van der Waals surface area contributed by atoms with E-state index in [1.54, 1.807) is 23.1 Å². The second-order valence-electron chi connectivity index (χ2n) is 7.45. The third kappa shape index (κ3) is 6.85. The quantitative estimate of drug-likeness (QED) is 0.424. The van der Waals surface area contributed by atoms with Gasteiger partial charge in [0.25, 0.3) is 5.91 Å². The molecule has 0 atom stereocenters. The maximum Gasteiger partial charge on any atom is 0.389 e. The molecule has 2 aromatic rings. The van der Waals surface area contributed by atoms with Crippen molar-refractivity contribution in [2.24, 2.45) is 10.7 Å². The summed E-state index contributed by atoms with van der Waals surface area (Å²) in [5, 5.41) is 10.2. The predicted molar refractivity (Wildman–Crippen MR) is 124 cm³/mol. The van der Waals surface area contributed by atoms with Gasteiger partial charge in [0.2, 0.25) is 0 Å². The molecule has 0 radical (unpaired) electrons. The predicted octanol–water partition coefficient (Wildman–Crippen LogP) is 4.18. The van der Waals surface area contributed by atoms with E-state index in [1.165, 1.54) is 6.92 Å². The summed E-state index contributed by atoms with van der Waals surface area (Å²) in [6.07, 6.45) is -2.68. The van der Waals surface area contributed by atoms with Crippen LogP contribution in [0.4, 0.5) is 19.0 Å². The Morgan fingerprint density at radius 2 is 2.06 bits per heavy atom. The average Bonchev–Trinajstić information content (AvgIpc) is 3.10. The largest absolute Gasteiger partial charge is 0.389 e. The number of anilines is 1. The number of halogens is 3. The van der Waals surface area contributed by atoms with Crippen molar-refractivity contribution in [3.8, 4) is 0 Å². The van der Waals surface area contributed by atoms with Gasteiger partial charge in [-0.25, -0.2) is 9.98 Å². The molecule has 10 heteroatoms. The Labute approximate surface area is 191 Å². The number of hydrogen-bond donors (Lipinski definition) is 3. The standard InChI is InChI=1S/C19H22N6O.C4H7F3/c1-3-12-7-13(9-22-2)15-10-25(19(26)14(15)8-12)17-6-4-5-16(24-17)18(21)23-11-20;1-2-3-4(5,6)7/h4-8,11,22H,3,9-10H2,1-2H3,(H3,20,21,23);2-3H2,1H3. The van der Waals surface area contributed by atoms with Gasteiger partial charge in [-0.3, -0.25) is 15.1 Å². The van der Waals surface area contributed by atoms with Crippen LogP contribution in [0.1, 0.15) is 59.4 Å². The fourth-order valence-electron chi connectivity index (χ4n) is 3.42. The zero-order valence-corrected chi connectivity index (χ0v) is 19.0. The third-order valence-electron chi connectivity index (χ3n) is 4.98. The first-order chi connectivity index (χ1) is 15.6. The van der Waals surface area contributed by atoms with Gasteiger partial charge in [0.1, 0.15) is 17.9 Å². The number of carbonyl (C=O) groups is 1. The zero-order valence-electron chi connectivity index (χ0n) is 19.0. The molecule has 0 fully saturated rings. The topological polar surface area (TPSA) is 107 Å². The minimum atomic E-state index is -3.95. The molecule has 178 valence electrons. The van der Waals surface area contributed by atoms with Crippen molar-refractivity contribution >= 4 is 23.9 Å². The molecule has 33 heavy (non-hydrogen) atoms. The summed E-state index contributed by atoms with van der Waals surface area (Å²) in [6.45, 7) is 4.78. The van der Waals surface area contributed by atoms with Crippen molar-refractivity contribution in [1.82, 2.24) is 10.3 Å². The summed E-state index contributed by atoms with van der Waals surface area (Å²) >= 11 is 0. The van der Waals surface area contributed by atoms with E-state index in [2.05, 4.69) is 28.3 Å². The van der Waals surface area contributed by atoms with Crippen molar-refractivity contribution in [1.29, 1.82) is 5.41 Å². The summed E-state index contributed by atoms with van der Waals surface area (Å²) in [4.78, 5) is 22.9. The van der Waals surface area contributed by atoms with Crippen LogP contribution in [0.25, 0.3) is 0 Å². The molecule has 0 spiro atoms. The van der Waals surface area contributed by atoms with Crippen LogP contribution in [0.5, 0.6) is 0 Å². The molecule has 0 unspecified atom stereocenters. The number of pyridine rings is 1. The van der Waals surface area contributed by atoms with E-state index in [0.29, 0.717) is 24.6 Å². The Morgan fingerprint density at radius 1 is 1.33 bits per heavy atom. The smallest absolute Gasteiger partial charge is 0.382 e. The van der Waals surface area contributed by atoms with Crippen molar-refractivity contribution in [2.45, 2.75) is 52.4 Å². The van der Waals surface area contributed by atoms with Crippen LogP contribution in [-0.4, -0.2) is 36.3 Å². The number of aliphatic imine (C=N–C) groups is 1.